The van der Waals surface area contributed by atoms with Gasteiger partial charge in [-0.2, -0.15) is 0 Å². The van der Waals surface area contributed by atoms with Gasteiger partial charge < -0.3 is 0 Å². The van der Waals surface area contributed by atoms with Crippen LogP contribution >= 0.6 is 19.4 Å². The van der Waals surface area contributed by atoms with Gasteiger partial charge in [0.1, 0.15) is 0 Å². The van der Waals surface area contributed by atoms with Crippen LogP contribution in [-0.2, 0) is 11.0 Å². The van der Waals surface area contributed by atoms with E-state index in [1.165, 1.54) is 18.4 Å². The molecular weight excluding hydrogens is 351 g/mol. The summed E-state index contributed by atoms with van der Waals surface area (Å²) in [5.41, 5.74) is 2.29. The number of unbranched alkanes of at least 4 members (excludes halogenated alkanes) is 4. The Morgan fingerprint density at radius 3 is 2.32 bits per heavy atom. The van der Waals surface area contributed by atoms with E-state index in [0.29, 0.717) is 16.7 Å². The molecule has 2 rings (SSSR count). The minimum atomic E-state index is -1.88. The van der Waals surface area contributed by atoms with Crippen LogP contribution in [0.5, 0.6) is 0 Å². The Bertz CT molecular complexity index is 693. The minimum absolute atomic E-state index is 0.304. The van der Waals surface area contributed by atoms with E-state index >= 15 is 0 Å². The zero-order valence-corrected chi connectivity index (χ0v) is 16.4. The van der Waals surface area contributed by atoms with E-state index in [2.05, 4.69) is 24.3 Å². The fraction of sp³-hybridized carbons (Fsp3) is 0.381. The number of carbonyl (C=O) groups is 1. The number of aryl methyl sites for hydroxylation is 2. The van der Waals surface area contributed by atoms with Crippen molar-refractivity contribution >= 4 is 24.9 Å². The van der Waals surface area contributed by atoms with E-state index in [4.69, 9.17) is 11.6 Å². The summed E-state index contributed by atoms with van der Waals surface area (Å²) < 4.78 is 12.3. The third kappa shape index (κ3) is 6.38. The molecule has 4 heteroatoms. The van der Waals surface area contributed by atoms with Crippen molar-refractivity contribution in [3.8, 4) is 0 Å². The summed E-state index contributed by atoms with van der Waals surface area (Å²) in [6.07, 6.45) is 6.88. The van der Waals surface area contributed by atoms with E-state index in [0.717, 1.165) is 31.2 Å². The molecule has 0 amide bonds. The molecule has 0 bridgehead atoms. The van der Waals surface area contributed by atoms with Crippen LogP contribution < -0.4 is 0 Å². The zero-order valence-electron chi connectivity index (χ0n) is 14.7. The third-order valence-corrected chi connectivity index (χ3v) is 6.05. The fourth-order valence-electron chi connectivity index (χ4n) is 2.89. The van der Waals surface area contributed by atoms with E-state index in [1.54, 1.807) is 12.1 Å². The number of carbonyl (C=O) groups excluding carboxylic acids is 1. The molecule has 2 aromatic carbocycles. The van der Waals surface area contributed by atoms with Gasteiger partial charge in [0.2, 0.25) is 0 Å². The molecule has 132 valence electrons. The van der Waals surface area contributed by atoms with Crippen LogP contribution in [0.3, 0.4) is 0 Å². The summed E-state index contributed by atoms with van der Waals surface area (Å²) in [7, 11) is -1.88. The summed E-state index contributed by atoms with van der Waals surface area (Å²) in [5.74, 6) is 0. The van der Waals surface area contributed by atoms with Crippen LogP contribution in [0.1, 0.15) is 53.6 Å². The molecule has 0 saturated carbocycles. The zero-order chi connectivity index (χ0) is 18.1. The van der Waals surface area contributed by atoms with Gasteiger partial charge in [0.05, 0.1) is 10.6 Å². The lowest BCUT2D eigenvalue weighted by molar-refractivity contribution is 0.107. The van der Waals surface area contributed by atoms with Crippen LogP contribution in [0.4, 0.5) is 0 Å². The summed E-state index contributed by atoms with van der Waals surface area (Å²) >= 11 is 6.09. The highest BCUT2D eigenvalue weighted by atomic mass is 35.5. The van der Waals surface area contributed by atoms with E-state index in [-0.39, 0.29) is 5.52 Å². The van der Waals surface area contributed by atoms with Crippen LogP contribution in [0.2, 0.25) is 5.02 Å². The van der Waals surface area contributed by atoms with Crippen molar-refractivity contribution in [2.24, 2.45) is 0 Å². The molecule has 0 aliphatic rings. The quantitative estimate of drug-likeness (QED) is 0.337. The first kappa shape index (κ1) is 19.8. The van der Waals surface area contributed by atoms with Gasteiger partial charge in [-0.25, -0.2) is 4.79 Å². The maximum absolute atomic E-state index is 12.3. The lowest BCUT2D eigenvalue weighted by Gasteiger charge is -2.02. The SMILES string of the molecule is Cc1cccc(Cl)c1C(=O)[P+](=O)CCCCCCCc1ccccc1. The number of benzene rings is 2. The van der Waals surface area contributed by atoms with Crippen molar-refractivity contribution in [2.75, 3.05) is 6.16 Å². The Labute approximate surface area is 156 Å². The maximum atomic E-state index is 12.3. The summed E-state index contributed by atoms with van der Waals surface area (Å²) in [6.45, 7) is 1.83. The number of halogens is 1. The van der Waals surface area contributed by atoms with Crippen molar-refractivity contribution in [3.05, 3.63) is 70.2 Å². The number of hydrogen-bond donors (Lipinski definition) is 0. The van der Waals surface area contributed by atoms with Crippen LogP contribution in [0.15, 0.2) is 48.5 Å². The van der Waals surface area contributed by atoms with Crippen LogP contribution in [0, 0.1) is 6.92 Å². The molecule has 0 spiro atoms. The molecular formula is C21H25ClO2P+. The second kappa shape index (κ2) is 10.5. The monoisotopic (exact) mass is 375 g/mol. The first-order chi connectivity index (χ1) is 12.1. The maximum Gasteiger partial charge on any atom is 0.420 e. The normalized spacial score (nSPS) is 11.4. The molecule has 0 aliphatic heterocycles. The second-order valence-corrected chi connectivity index (χ2v) is 8.36. The Kier molecular flexibility index (Phi) is 8.31. The molecule has 2 nitrogen and oxygen atoms in total. The molecule has 0 N–H and O–H groups in total. The van der Waals surface area contributed by atoms with Crippen LogP contribution in [-0.4, -0.2) is 11.7 Å². The minimum Gasteiger partial charge on any atom is -0.234 e. The molecule has 0 aromatic heterocycles. The molecule has 0 saturated heterocycles. The summed E-state index contributed by atoms with van der Waals surface area (Å²) in [6, 6.07) is 15.8. The Morgan fingerprint density at radius 1 is 0.920 bits per heavy atom. The molecule has 2 aromatic rings. The molecule has 0 aliphatic carbocycles. The van der Waals surface area contributed by atoms with E-state index in [1.807, 2.05) is 19.1 Å². The van der Waals surface area contributed by atoms with Crippen molar-refractivity contribution in [1.82, 2.24) is 0 Å². The topological polar surface area (TPSA) is 34.1 Å². The average molecular weight is 376 g/mol. The van der Waals surface area contributed by atoms with Crippen molar-refractivity contribution in [2.45, 2.75) is 45.4 Å². The standard InChI is InChI=1S/C21H25ClO2P/c1-17-11-10-15-19(22)20(17)21(23)25(24)16-9-4-2-3-6-12-18-13-7-5-8-14-18/h5,7-8,10-11,13-15H,2-4,6,9,12,16H2,1H3/q+1. The van der Waals surface area contributed by atoms with E-state index < -0.39 is 7.80 Å². The van der Waals surface area contributed by atoms with Crippen LogP contribution in [0.25, 0.3) is 0 Å². The van der Waals surface area contributed by atoms with Gasteiger partial charge in [-0.1, -0.05) is 71.5 Å². The third-order valence-electron chi connectivity index (χ3n) is 4.33. The number of rotatable bonds is 10. The smallest absolute Gasteiger partial charge is 0.234 e. The van der Waals surface area contributed by atoms with Gasteiger partial charge in [0, 0.05) is 0 Å². The first-order valence-electron chi connectivity index (χ1n) is 8.87. The Morgan fingerprint density at radius 2 is 1.60 bits per heavy atom. The highest BCUT2D eigenvalue weighted by Crippen LogP contribution is 2.33. The molecule has 0 fully saturated rings. The van der Waals surface area contributed by atoms with Gasteiger partial charge in [-0.3, -0.25) is 0 Å². The van der Waals surface area contributed by atoms with Crippen molar-refractivity contribution < 1.29 is 9.36 Å². The molecule has 1 unspecified atom stereocenters. The van der Waals surface area contributed by atoms with Gasteiger partial charge >= 0.3 is 13.3 Å². The lowest BCUT2D eigenvalue weighted by Crippen LogP contribution is -2.00. The summed E-state index contributed by atoms with van der Waals surface area (Å²) in [5, 5.41) is 0.397. The number of hydrogen-bond acceptors (Lipinski definition) is 2. The molecule has 25 heavy (non-hydrogen) atoms. The molecule has 0 heterocycles. The predicted octanol–water partition coefficient (Wildman–Crippen LogP) is 6.81. The summed E-state index contributed by atoms with van der Waals surface area (Å²) in [4.78, 5) is 12.3. The van der Waals surface area contributed by atoms with Gasteiger partial charge in [-0.05, 0) is 49.8 Å². The first-order valence-corrected chi connectivity index (χ1v) is 10.7. The predicted molar refractivity (Wildman–Crippen MR) is 106 cm³/mol. The fourth-order valence-corrected chi connectivity index (χ4v) is 4.52. The molecule has 1 atom stereocenters. The lowest BCUT2D eigenvalue weighted by atomic mass is 10.1. The van der Waals surface area contributed by atoms with Gasteiger partial charge in [0.15, 0.2) is 6.16 Å². The largest absolute Gasteiger partial charge is 0.420 e. The van der Waals surface area contributed by atoms with Crippen molar-refractivity contribution in [3.63, 3.8) is 0 Å². The highest BCUT2D eigenvalue weighted by Gasteiger charge is 2.31. The van der Waals surface area contributed by atoms with Crippen molar-refractivity contribution in [1.29, 1.82) is 0 Å². The second-order valence-electron chi connectivity index (χ2n) is 6.34. The highest BCUT2D eigenvalue weighted by molar-refractivity contribution is 7.64. The van der Waals surface area contributed by atoms with Gasteiger partial charge in [-0.15, -0.1) is 0 Å². The Balaban J connectivity index is 1.64. The van der Waals surface area contributed by atoms with E-state index in [9.17, 15) is 9.36 Å². The molecule has 0 radical (unpaired) electrons. The van der Waals surface area contributed by atoms with Gasteiger partial charge in [0.25, 0.3) is 0 Å². The Hall–Kier alpha value is -1.50. The average Bonchev–Trinajstić information content (AvgIpc) is 2.61.